The van der Waals surface area contributed by atoms with Gasteiger partial charge < -0.3 is 5.11 Å². The van der Waals surface area contributed by atoms with Crippen LogP contribution in [0, 0.1) is 17.8 Å². The summed E-state index contributed by atoms with van der Waals surface area (Å²) in [6.07, 6.45) is 6.30. The molecule has 5 atom stereocenters. The molecule has 2 aliphatic carbocycles. The standard InChI is InChI=1S/C18H26O/c1-3-12(2)14-6-8-15(9-7-14)18(19)17-11-13-4-5-16(17)10-13/h6-9,12-13,16-19H,3-5,10-11H2,1-2H3. The van der Waals surface area contributed by atoms with Crippen molar-refractivity contribution in [3.05, 3.63) is 35.4 Å². The third-order valence-corrected chi connectivity index (χ3v) is 5.66. The molecule has 2 bridgehead atoms. The predicted molar refractivity (Wildman–Crippen MR) is 79.0 cm³/mol. The fourth-order valence-corrected chi connectivity index (χ4v) is 4.19. The first-order chi connectivity index (χ1) is 9.19. The Morgan fingerprint density at radius 1 is 1.11 bits per heavy atom. The van der Waals surface area contributed by atoms with Crippen LogP contribution in [0.1, 0.15) is 69.1 Å². The molecule has 104 valence electrons. The van der Waals surface area contributed by atoms with Gasteiger partial charge in [0.1, 0.15) is 0 Å². The summed E-state index contributed by atoms with van der Waals surface area (Å²) in [4.78, 5) is 0. The average Bonchev–Trinajstić information content (AvgIpc) is 3.08. The van der Waals surface area contributed by atoms with Gasteiger partial charge in [0.05, 0.1) is 6.10 Å². The first kappa shape index (κ1) is 13.2. The van der Waals surface area contributed by atoms with E-state index in [2.05, 4.69) is 38.1 Å². The third-order valence-electron chi connectivity index (χ3n) is 5.66. The molecular formula is C18H26O. The third kappa shape index (κ3) is 2.45. The molecule has 0 aromatic heterocycles. The van der Waals surface area contributed by atoms with Crippen LogP contribution in [-0.4, -0.2) is 5.11 Å². The number of hydrogen-bond acceptors (Lipinski definition) is 1. The summed E-state index contributed by atoms with van der Waals surface area (Å²) in [6.45, 7) is 4.49. The van der Waals surface area contributed by atoms with Crippen molar-refractivity contribution >= 4 is 0 Å². The lowest BCUT2D eigenvalue weighted by atomic mass is 9.82. The Kier molecular flexibility index (Phi) is 3.66. The number of hydrogen-bond donors (Lipinski definition) is 1. The van der Waals surface area contributed by atoms with E-state index in [0.29, 0.717) is 11.8 Å². The molecule has 0 amide bonds. The summed E-state index contributed by atoms with van der Waals surface area (Å²) in [5.74, 6) is 2.83. The lowest BCUT2D eigenvalue weighted by molar-refractivity contribution is 0.0745. The second-order valence-corrected chi connectivity index (χ2v) is 6.76. The van der Waals surface area contributed by atoms with Gasteiger partial charge in [0.15, 0.2) is 0 Å². The second kappa shape index (κ2) is 5.28. The van der Waals surface area contributed by atoms with Gasteiger partial charge in [-0.05, 0) is 60.5 Å². The summed E-state index contributed by atoms with van der Waals surface area (Å²) >= 11 is 0. The zero-order valence-corrected chi connectivity index (χ0v) is 12.2. The largest absolute Gasteiger partial charge is 0.388 e. The molecule has 19 heavy (non-hydrogen) atoms. The van der Waals surface area contributed by atoms with Crippen LogP contribution in [0.3, 0.4) is 0 Å². The van der Waals surface area contributed by atoms with E-state index in [1.807, 2.05) is 0 Å². The van der Waals surface area contributed by atoms with E-state index < -0.39 is 0 Å². The van der Waals surface area contributed by atoms with Crippen LogP contribution in [0.2, 0.25) is 0 Å². The molecule has 0 spiro atoms. The van der Waals surface area contributed by atoms with Gasteiger partial charge in [0, 0.05) is 0 Å². The van der Waals surface area contributed by atoms with Gasteiger partial charge in [0.25, 0.3) is 0 Å². The van der Waals surface area contributed by atoms with E-state index in [9.17, 15) is 5.11 Å². The van der Waals surface area contributed by atoms with Gasteiger partial charge >= 0.3 is 0 Å². The van der Waals surface area contributed by atoms with Crippen molar-refractivity contribution in [2.75, 3.05) is 0 Å². The van der Waals surface area contributed by atoms with Crippen LogP contribution < -0.4 is 0 Å². The number of fused-ring (bicyclic) bond motifs is 2. The van der Waals surface area contributed by atoms with Crippen molar-refractivity contribution < 1.29 is 5.11 Å². The van der Waals surface area contributed by atoms with Crippen molar-refractivity contribution in [2.24, 2.45) is 17.8 Å². The number of aliphatic hydroxyl groups is 1. The van der Waals surface area contributed by atoms with E-state index in [4.69, 9.17) is 0 Å². The molecule has 0 saturated heterocycles. The molecule has 2 saturated carbocycles. The van der Waals surface area contributed by atoms with E-state index in [1.54, 1.807) is 0 Å². The average molecular weight is 258 g/mol. The van der Waals surface area contributed by atoms with Crippen LogP contribution in [0.25, 0.3) is 0 Å². The van der Waals surface area contributed by atoms with Gasteiger partial charge in [0.2, 0.25) is 0 Å². The van der Waals surface area contributed by atoms with Gasteiger partial charge in [-0.3, -0.25) is 0 Å². The number of aliphatic hydroxyl groups excluding tert-OH is 1. The lowest BCUT2D eigenvalue weighted by Crippen LogP contribution is -2.19. The minimum absolute atomic E-state index is 0.235. The Bertz CT molecular complexity index is 422. The Balaban J connectivity index is 1.71. The highest BCUT2D eigenvalue weighted by molar-refractivity contribution is 5.27. The highest BCUT2D eigenvalue weighted by Gasteiger charge is 2.42. The fraction of sp³-hybridized carbons (Fsp3) is 0.667. The molecule has 1 aromatic rings. The Labute approximate surface area is 117 Å². The predicted octanol–water partition coefficient (Wildman–Crippen LogP) is 4.67. The maximum Gasteiger partial charge on any atom is 0.0820 e. The van der Waals surface area contributed by atoms with Crippen molar-refractivity contribution in [3.63, 3.8) is 0 Å². The van der Waals surface area contributed by atoms with Crippen molar-refractivity contribution in [3.8, 4) is 0 Å². The zero-order valence-electron chi connectivity index (χ0n) is 12.2. The summed E-state index contributed by atoms with van der Waals surface area (Å²) in [5, 5.41) is 10.6. The van der Waals surface area contributed by atoms with Gasteiger partial charge in [-0.15, -0.1) is 0 Å². The van der Waals surface area contributed by atoms with Crippen LogP contribution in [0.15, 0.2) is 24.3 Å². The van der Waals surface area contributed by atoms with Crippen LogP contribution >= 0.6 is 0 Å². The van der Waals surface area contributed by atoms with Gasteiger partial charge in [-0.2, -0.15) is 0 Å². The highest BCUT2D eigenvalue weighted by atomic mass is 16.3. The first-order valence-corrected chi connectivity index (χ1v) is 7.97. The molecule has 3 rings (SSSR count). The summed E-state index contributed by atoms with van der Waals surface area (Å²) in [7, 11) is 0. The van der Waals surface area contributed by atoms with E-state index in [-0.39, 0.29) is 6.10 Å². The molecule has 0 heterocycles. The van der Waals surface area contributed by atoms with Crippen LogP contribution in [-0.2, 0) is 0 Å². The smallest absolute Gasteiger partial charge is 0.0820 e. The lowest BCUT2D eigenvalue weighted by Gasteiger charge is -2.27. The number of benzene rings is 1. The maximum absolute atomic E-state index is 10.6. The SMILES string of the molecule is CCC(C)c1ccc(C(O)C2CC3CCC2C3)cc1. The molecule has 1 aromatic carbocycles. The molecule has 2 fully saturated rings. The van der Waals surface area contributed by atoms with E-state index in [1.165, 1.54) is 37.7 Å². The highest BCUT2D eigenvalue weighted by Crippen LogP contribution is 2.52. The fourth-order valence-electron chi connectivity index (χ4n) is 4.19. The Hall–Kier alpha value is -0.820. The molecule has 1 N–H and O–H groups in total. The van der Waals surface area contributed by atoms with Crippen molar-refractivity contribution in [1.29, 1.82) is 0 Å². The van der Waals surface area contributed by atoms with E-state index in [0.717, 1.165) is 17.4 Å². The van der Waals surface area contributed by atoms with Gasteiger partial charge in [-0.1, -0.05) is 44.5 Å². The Morgan fingerprint density at radius 2 is 1.79 bits per heavy atom. The molecule has 0 aliphatic heterocycles. The normalized spacial score (nSPS) is 32.5. The van der Waals surface area contributed by atoms with Crippen molar-refractivity contribution in [1.82, 2.24) is 0 Å². The van der Waals surface area contributed by atoms with Crippen molar-refractivity contribution in [2.45, 2.75) is 58.0 Å². The molecule has 1 nitrogen and oxygen atoms in total. The molecular weight excluding hydrogens is 232 g/mol. The molecule has 5 unspecified atom stereocenters. The zero-order chi connectivity index (χ0) is 13.4. The molecule has 2 aliphatic rings. The summed E-state index contributed by atoms with van der Waals surface area (Å²) < 4.78 is 0. The van der Waals surface area contributed by atoms with Crippen LogP contribution in [0.4, 0.5) is 0 Å². The number of rotatable bonds is 4. The molecule has 1 heteroatoms. The van der Waals surface area contributed by atoms with Crippen LogP contribution in [0.5, 0.6) is 0 Å². The topological polar surface area (TPSA) is 20.2 Å². The summed E-state index contributed by atoms with van der Waals surface area (Å²) in [6, 6.07) is 8.72. The minimum atomic E-state index is -0.235. The van der Waals surface area contributed by atoms with E-state index >= 15 is 0 Å². The second-order valence-electron chi connectivity index (χ2n) is 6.76. The summed E-state index contributed by atoms with van der Waals surface area (Å²) in [5.41, 5.74) is 2.52. The Morgan fingerprint density at radius 3 is 2.32 bits per heavy atom. The van der Waals surface area contributed by atoms with Gasteiger partial charge in [-0.25, -0.2) is 0 Å². The quantitative estimate of drug-likeness (QED) is 0.832. The maximum atomic E-state index is 10.6. The minimum Gasteiger partial charge on any atom is -0.388 e. The monoisotopic (exact) mass is 258 g/mol. The molecule has 0 radical (unpaired) electrons. The first-order valence-electron chi connectivity index (χ1n) is 7.97.